The minimum atomic E-state index is -4.08. The molecule has 93 heavy (non-hydrogen) atoms. The van der Waals surface area contributed by atoms with E-state index in [2.05, 4.69) is 84.3 Å². The number of hydrogen-bond acceptors (Lipinski definition) is 24. The number of nitrogens with one attached hydrogen (secondary N) is 4. The molecule has 0 aliphatic heterocycles. The summed E-state index contributed by atoms with van der Waals surface area (Å²) in [5.74, 6) is 2.61. The molecule has 30 heteroatoms. The van der Waals surface area contributed by atoms with Crippen LogP contribution in [0, 0.1) is 50.4 Å². The van der Waals surface area contributed by atoms with E-state index in [4.69, 9.17) is 16.7 Å². The second kappa shape index (κ2) is 33.5. The third kappa shape index (κ3) is 19.3. The van der Waals surface area contributed by atoms with Gasteiger partial charge in [-0.25, -0.2) is 35.0 Å². The molecule has 3 saturated carbocycles. The van der Waals surface area contributed by atoms with Crippen LogP contribution < -0.4 is 21.1 Å². The van der Waals surface area contributed by atoms with Crippen LogP contribution in [0.25, 0.3) is 0 Å². The van der Waals surface area contributed by atoms with E-state index < -0.39 is 22.3 Å². The first-order valence-electron chi connectivity index (χ1n) is 29.9. The van der Waals surface area contributed by atoms with Crippen molar-refractivity contribution in [3.63, 3.8) is 0 Å². The number of aliphatic hydroxyl groups is 3. The van der Waals surface area contributed by atoms with Gasteiger partial charge in [0.2, 0.25) is 17.3 Å². The van der Waals surface area contributed by atoms with E-state index in [0.29, 0.717) is 104 Å². The van der Waals surface area contributed by atoms with Crippen LogP contribution >= 0.6 is 45.6 Å². The summed E-state index contributed by atoms with van der Waals surface area (Å²) in [5.41, 5.74) is 4.36. The Balaban J connectivity index is 0.000000173. The molecule has 0 bridgehead atoms. The first-order valence-corrected chi connectivity index (χ1v) is 34.4. The normalized spacial score (nSPS) is 20.6. The molecule has 0 amide bonds. The van der Waals surface area contributed by atoms with Gasteiger partial charge in [0, 0.05) is 114 Å². The summed E-state index contributed by atoms with van der Waals surface area (Å²) in [7, 11) is -4.08. The van der Waals surface area contributed by atoms with Crippen molar-refractivity contribution in [2.45, 2.75) is 124 Å². The fourth-order valence-corrected chi connectivity index (χ4v) is 15.2. The lowest BCUT2D eigenvalue weighted by molar-refractivity contribution is 0.100. The van der Waals surface area contributed by atoms with Gasteiger partial charge in [-0.1, -0.05) is 21.3 Å². The number of hydrogen-bond donors (Lipinski definition) is 8. The predicted molar refractivity (Wildman–Crippen MR) is 359 cm³/mol. The van der Waals surface area contributed by atoms with Gasteiger partial charge in [0.1, 0.15) is 36.4 Å². The number of ketones is 3. The summed E-state index contributed by atoms with van der Waals surface area (Å²) in [6, 6.07) is 11.4. The lowest BCUT2D eigenvalue weighted by Crippen LogP contribution is -2.24. The topological polar surface area (TPSA) is 359 Å². The highest BCUT2D eigenvalue weighted by atomic mass is 35.5. The van der Waals surface area contributed by atoms with Crippen molar-refractivity contribution in [1.82, 2.24) is 59.7 Å². The minimum absolute atomic E-state index is 0. The molecule has 9 heterocycles. The summed E-state index contributed by atoms with van der Waals surface area (Å²) in [5, 5.41) is 58.8. The van der Waals surface area contributed by atoms with Gasteiger partial charge < -0.3 is 31.3 Å². The first kappa shape index (κ1) is 71.3. The molecule has 0 radical (unpaired) electrons. The molecule has 9 aromatic heterocycles. The van der Waals surface area contributed by atoms with Crippen LogP contribution in [0.1, 0.15) is 137 Å². The lowest BCUT2D eigenvalue weighted by Gasteiger charge is -2.15. The quantitative estimate of drug-likeness (QED) is 0.0232. The number of H-pyrrole nitrogens is 1. The van der Waals surface area contributed by atoms with Crippen molar-refractivity contribution in [1.29, 1.82) is 0 Å². The van der Waals surface area contributed by atoms with Gasteiger partial charge in [0.25, 0.3) is 0 Å². The Hall–Kier alpha value is -7.58. The molecule has 0 spiro atoms. The van der Waals surface area contributed by atoms with Gasteiger partial charge in [-0.15, -0.1) is 45.6 Å². The second-order valence-electron chi connectivity index (χ2n) is 23.1. The highest BCUT2D eigenvalue weighted by Gasteiger charge is 2.36. The van der Waals surface area contributed by atoms with Gasteiger partial charge in [-0.3, -0.25) is 33.0 Å². The van der Waals surface area contributed by atoms with Crippen LogP contribution in [0.5, 0.6) is 0 Å². The van der Waals surface area contributed by atoms with E-state index in [-0.39, 0.29) is 62.7 Å². The van der Waals surface area contributed by atoms with Crippen LogP contribution in [-0.4, -0.2) is 145 Å². The number of aliphatic hydroxyl groups excluding tert-OH is 3. The summed E-state index contributed by atoms with van der Waals surface area (Å²) in [6.07, 6.45) is 23.2. The number of aromatic amines is 1. The van der Waals surface area contributed by atoms with E-state index in [1.807, 2.05) is 74.2 Å². The number of nitrogens with zero attached hydrogens (tertiary/aromatic N) is 11. The molecule has 496 valence electrons. The number of aryl methyl sites for hydroxylation is 3. The standard InChI is InChI=1S/C21H25N5O2S.C20H24N6O5S2.C18H22ClN3O2S.C3H4N2.CH4/c1-13-6-17(7-16(13)11-27)25-21-18(9-22-12-23-21)20(28)19-8-15(14(2)29-19)10-26-5-3-4-24-26;1-12-13(9-26-4-2-3-24-26)6-18(32-12)19(28)16-8-22-11-23-20(16)25-15-5-14(17(27)7-15)10-31-33(21,29)30;1-10-3-14(4-13(10)8-23)22-18-15(7-20-9-21-18)17(24)16-5-12(6-19)11(2)25-16;1-2-4-5-3-1;/h3-5,8-9,12-13,16-17,27H,6-7,10-11H2,1-2H3,(H,22,23,25);2-4,6,8,11,14-15,17,27H,5,7,9-10H2,1H3,(H2,21,29,30)(H,22,23,25);5,7,9-10,13-14,23H,3-4,6,8H2,1-2H3,(H,20,21,22);1-3H,(H,4,5);1H4/t13-,16+,17-;14-,15-,17+;10-,13+,14-;;/m010../s1. The number of carbonyl (C=O) groups excluding carboxylic acids is 3. The Morgan fingerprint density at radius 3 is 1.38 bits per heavy atom. The van der Waals surface area contributed by atoms with Gasteiger partial charge >= 0.3 is 10.3 Å². The smallest absolute Gasteiger partial charge is 0.333 e. The molecule has 3 fully saturated rings. The number of halogens is 1. The molecule has 0 aromatic carbocycles. The average molecular weight is 1370 g/mol. The number of carbonyl (C=O) groups is 3. The van der Waals surface area contributed by atoms with Crippen molar-refractivity contribution in [3.8, 4) is 0 Å². The van der Waals surface area contributed by atoms with Crippen LogP contribution in [0.4, 0.5) is 17.5 Å². The summed E-state index contributed by atoms with van der Waals surface area (Å²) < 4.78 is 30.3. The van der Waals surface area contributed by atoms with Gasteiger partial charge in [0.05, 0.1) is 57.1 Å². The molecule has 3 aliphatic carbocycles. The Morgan fingerprint density at radius 2 is 1.04 bits per heavy atom. The van der Waals surface area contributed by atoms with Crippen molar-refractivity contribution in [2.24, 2.45) is 34.7 Å². The Labute approximate surface area is 557 Å². The number of alkyl halides is 1. The van der Waals surface area contributed by atoms with Crippen LogP contribution in [0.3, 0.4) is 0 Å². The van der Waals surface area contributed by atoms with Gasteiger partial charge in [0.15, 0.2) is 0 Å². The highest BCUT2D eigenvalue weighted by molar-refractivity contribution is 7.84. The minimum Gasteiger partial charge on any atom is -0.396 e. The Kier molecular flexibility index (Phi) is 25.7. The second-order valence-corrected chi connectivity index (χ2v) is 28.4. The number of anilines is 3. The lowest BCUT2D eigenvalue weighted by atomic mass is 10.00. The predicted octanol–water partition coefficient (Wildman–Crippen LogP) is 8.92. The highest BCUT2D eigenvalue weighted by Crippen LogP contribution is 2.37. The van der Waals surface area contributed by atoms with Gasteiger partial charge in [-0.05, 0) is 136 Å². The van der Waals surface area contributed by atoms with Crippen molar-refractivity contribution in [2.75, 3.05) is 35.8 Å². The zero-order valence-corrected chi connectivity index (χ0v) is 55.4. The number of rotatable bonds is 22. The Bertz CT molecular complexity index is 3940. The maximum atomic E-state index is 13.3. The molecular formula is C63H79ClN16O9S4. The average Bonchev–Trinajstić information content (AvgIpc) is 1.80. The van der Waals surface area contributed by atoms with E-state index in [0.717, 1.165) is 57.0 Å². The Morgan fingerprint density at radius 1 is 0.634 bits per heavy atom. The molecule has 3 aliphatic rings. The summed E-state index contributed by atoms with van der Waals surface area (Å²) in [6.45, 7) is 11.7. The van der Waals surface area contributed by atoms with Crippen molar-refractivity contribution >= 4 is 90.7 Å². The first-order chi connectivity index (χ1) is 44.3. The van der Waals surface area contributed by atoms with Crippen molar-refractivity contribution in [3.05, 3.63) is 174 Å². The monoisotopic (exact) mass is 1370 g/mol. The van der Waals surface area contributed by atoms with Crippen LogP contribution in [-0.2, 0) is 33.5 Å². The zero-order chi connectivity index (χ0) is 65.5. The fourth-order valence-electron chi connectivity index (χ4n) is 11.5. The molecule has 9 atom stereocenters. The van der Waals surface area contributed by atoms with Crippen molar-refractivity contribution < 1.29 is 42.3 Å². The molecular weight excluding hydrogens is 1290 g/mol. The zero-order valence-electron chi connectivity index (χ0n) is 51.4. The van der Waals surface area contributed by atoms with Gasteiger partial charge in [-0.2, -0.15) is 23.7 Å². The third-order valence-electron chi connectivity index (χ3n) is 16.6. The number of aromatic nitrogens is 12. The maximum absolute atomic E-state index is 13.3. The molecule has 0 saturated heterocycles. The van der Waals surface area contributed by atoms with E-state index in [1.165, 1.54) is 59.2 Å². The van der Waals surface area contributed by atoms with E-state index in [1.54, 1.807) is 41.9 Å². The molecule has 12 rings (SSSR count). The SMILES string of the molecule is C.Cc1sc(C(=O)c2cncnc2N[C@@H]2C[C@H](CO)[C@@H](C)C2)cc1CCl.Cc1sc(C(=O)c2cncnc2N[C@@H]2C[C@H](CO)[C@@H](C)C2)cc1Cn1cccn1.Cc1sc(C(=O)c2cncnc2N[C@@H]2C[C@H](COS(N)(=O)=O)[C@@H](O)C2)cc1Cn1cccn1.c1cn[nH]c1. The van der Waals surface area contributed by atoms with E-state index in [9.17, 15) is 38.1 Å². The van der Waals surface area contributed by atoms with E-state index >= 15 is 0 Å². The number of thiophene rings is 3. The van der Waals surface area contributed by atoms with Crippen LogP contribution in [0.2, 0.25) is 0 Å². The summed E-state index contributed by atoms with van der Waals surface area (Å²) >= 11 is 10.3. The molecule has 25 nitrogen and oxygen atoms in total. The fraction of sp³-hybridized carbons (Fsp3) is 0.429. The molecule has 9 N–H and O–H groups in total. The van der Waals surface area contributed by atoms with Crippen LogP contribution in [0.15, 0.2) is 111 Å². The summed E-state index contributed by atoms with van der Waals surface area (Å²) in [4.78, 5) is 69.5. The molecule has 9 aromatic rings. The number of nitrogens with two attached hydrogens (primary N) is 1. The third-order valence-corrected chi connectivity index (χ3v) is 20.7. The maximum Gasteiger partial charge on any atom is 0.333 e. The largest absolute Gasteiger partial charge is 0.396 e. The molecule has 0 unspecified atom stereocenters.